The number of hydrogen-bond donors (Lipinski definition) is 1. The first-order valence-electron chi connectivity index (χ1n) is 8.09. The monoisotopic (exact) mass is 346 g/mol. The highest BCUT2D eigenvalue weighted by Gasteiger charge is 2.23. The standard InChI is InChI=1S/C18H20ClN3O2/c19-16-1-3-17(4-2-16)24-14-18(23)22-11-9-21(10-12-22)13-15-5-7-20-8-6-15/h1-8H,9-14H2/p+1. The number of aromatic nitrogens is 1. The molecule has 1 aliphatic heterocycles. The number of halogens is 1. The summed E-state index contributed by atoms with van der Waals surface area (Å²) in [7, 11) is 0. The minimum absolute atomic E-state index is 0.0351. The zero-order valence-corrected chi connectivity index (χ0v) is 14.2. The van der Waals surface area contributed by atoms with E-state index in [1.165, 1.54) is 10.5 Å². The number of nitrogens with zero attached hydrogens (tertiary/aromatic N) is 2. The smallest absolute Gasteiger partial charge is 0.260 e. The Kier molecular flexibility index (Phi) is 5.67. The van der Waals surface area contributed by atoms with E-state index in [1.54, 1.807) is 24.3 Å². The Hall–Kier alpha value is -2.11. The van der Waals surface area contributed by atoms with Crippen molar-refractivity contribution in [1.82, 2.24) is 9.88 Å². The average Bonchev–Trinajstić information content (AvgIpc) is 2.62. The van der Waals surface area contributed by atoms with Crippen LogP contribution in [0, 0.1) is 0 Å². The lowest BCUT2D eigenvalue weighted by Crippen LogP contribution is -3.13. The maximum atomic E-state index is 12.3. The number of pyridine rings is 1. The first-order valence-corrected chi connectivity index (χ1v) is 8.47. The van der Waals surface area contributed by atoms with Crippen LogP contribution in [0.15, 0.2) is 48.8 Å². The zero-order chi connectivity index (χ0) is 16.8. The number of carbonyl (C=O) groups is 1. The number of quaternary nitrogens is 1. The van der Waals surface area contributed by atoms with Crippen molar-refractivity contribution in [2.75, 3.05) is 32.8 Å². The summed E-state index contributed by atoms with van der Waals surface area (Å²) >= 11 is 5.83. The summed E-state index contributed by atoms with van der Waals surface area (Å²) < 4.78 is 5.53. The van der Waals surface area contributed by atoms with E-state index in [-0.39, 0.29) is 12.5 Å². The van der Waals surface area contributed by atoms with Crippen molar-refractivity contribution in [3.05, 3.63) is 59.4 Å². The van der Waals surface area contributed by atoms with E-state index in [4.69, 9.17) is 16.3 Å². The normalized spacial score (nSPS) is 15.3. The Morgan fingerprint density at radius 1 is 1.12 bits per heavy atom. The molecule has 0 aliphatic carbocycles. The van der Waals surface area contributed by atoms with Gasteiger partial charge in [-0.1, -0.05) is 11.6 Å². The molecule has 126 valence electrons. The summed E-state index contributed by atoms with van der Waals surface area (Å²) in [5.74, 6) is 0.697. The van der Waals surface area contributed by atoms with Crippen molar-refractivity contribution in [1.29, 1.82) is 0 Å². The van der Waals surface area contributed by atoms with Crippen LogP contribution in [0.5, 0.6) is 5.75 Å². The molecule has 1 N–H and O–H groups in total. The van der Waals surface area contributed by atoms with Crippen LogP contribution >= 0.6 is 11.6 Å². The van der Waals surface area contributed by atoms with Crippen LogP contribution in [-0.4, -0.2) is 48.6 Å². The van der Waals surface area contributed by atoms with Crippen LogP contribution in [0.3, 0.4) is 0 Å². The molecule has 1 aromatic heterocycles. The van der Waals surface area contributed by atoms with Gasteiger partial charge in [0.1, 0.15) is 12.3 Å². The Morgan fingerprint density at radius 3 is 2.46 bits per heavy atom. The van der Waals surface area contributed by atoms with E-state index in [2.05, 4.69) is 4.98 Å². The molecule has 1 aromatic carbocycles. The van der Waals surface area contributed by atoms with Gasteiger partial charge in [0.05, 0.1) is 26.2 Å². The predicted molar refractivity (Wildman–Crippen MR) is 92.2 cm³/mol. The fraction of sp³-hybridized carbons (Fsp3) is 0.333. The minimum Gasteiger partial charge on any atom is -0.484 e. The van der Waals surface area contributed by atoms with Gasteiger partial charge >= 0.3 is 0 Å². The molecule has 24 heavy (non-hydrogen) atoms. The van der Waals surface area contributed by atoms with Gasteiger partial charge in [0, 0.05) is 23.0 Å². The molecule has 1 fully saturated rings. The first-order chi connectivity index (χ1) is 11.7. The molecule has 0 unspecified atom stereocenters. The van der Waals surface area contributed by atoms with Crippen molar-refractivity contribution in [2.45, 2.75) is 6.54 Å². The van der Waals surface area contributed by atoms with E-state index in [1.807, 2.05) is 29.4 Å². The summed E-state index contributed by atoms with van der Waals surface area (Å²) in [6.07, 6.45) is 3.64. The number of rotatable bonds is 5. The third-order valence-electron chi connectivity index (χ3n) is 4.20. The van der Waals surface area contributed by atoms with Gasteiger partial charge in [-0.05, 0) is 36.4 Å². The zero-order valence-electron chi connectivity index (χ0n) is 13.5. The Bertz CT molecular complexity index is 656. The van der Waals surface area contributed by atoms with Crippen molar-refractivity contribution >= 4 is 17.5 Å². The lowest BCUT2D eigenvalue weighted by Gasteiger charge is -2.32. The van der Waals surface area contributed by atoms with Gasteiger partial charge in [0.15, 0.2) is 6.61 Å². The van der Waals surface area contributed by atoms with Crippen LogP contribution in [0.4, 0.5) is 0 Å². The molecule has 0 radical (unpaired) electrons. The molecule has 5 nitrogen and oxygen atoms in total. The Balaban J connectivity index is 1.42. The lowest BCUT2D eigenvalue weighted by molar-refractivity contribution is -0.917. The van der Waals surface area contributed by atoms with Crippen LogP contribution in [0.2, 0.25) is 5.02 Å². The molecule has 1 aliphatic rings. The topological polar surface area (TPSA) is 46.9 Å². The number of nitrogens with one attached hydrogen (secondary N) is 1. The summed E-state index contributed by atoms with van der Waals surface area (Å²) in [5.41, 5.74) is 1.28. The fourth-order valence-electron chi connectivity index (χ4n) is 2.81. The molecule has 3 rings (SSSR count). The van der Waals surface area contributed by atoms with Gasteiger partial charge in [-0.3, -0.25) is 9.78 Å². The maximum Gasteiger partial charge on any atom is 0.260 e. The molecule has 6 heteroatoms. The first kappa shape index (κ1) is 16.7. The Labute approximate surface area is 146 Å². The molecule has 2 heterocycles. The fourth-order valence-corrected chi connectivity index (χ4v) is 2.93. The van der Waals surface area contributed by atoms with Crippen molar-refractivity contribution in [2.24, 2.45) is 0 Å². The molecular weight excluding hydrogens is 326 g/mol. The molecule has 1 amide bonds. The molecule has 0 atom stereocenters. The van der Waals surface area contributed by atoms with E-state index in [0.717, 1.165) is 32.7 Å². The lowest BCUT2D eigenvalue weighted by atomic mass is 10.2. The highest BCUT2D eigenvalue weighted by molar-refractivity contribution is 6.30. The SMILES string of the molecule is O=C(COc1ccc(Cl)cc1)N1CC[NH+](Cc2ccncc2)CC1. The van der Waals surface area contributed by atoms with Gasteiger partial charge in [-0.25, -0.2) is 0 Å². The van der Waals surface area contributed by atoms with Gasteiger partial charge in [-0.2, -0.15) is 0 Å². The molecule has 1 saturated heterocycles. The number of carbonyl (C=O) groups excluding carboxylic acids is 1. The summed E-state index contributed by atoms with van der Waals surface area (Å²) in [5, 5.41) is 0.655. The summed E-state index contributed by atoms with van der Waals surface area (Å²) in [6, 6.07) is 11.1. The van der Waals surface area contributed by atoms with E-state index >= 15 is 0 Å². The van der Waals surface area contributed by atoms with Crippen LogP contribution in [0.1, 0.15) is 5.56 Å². The Morgan fingerprint density at radius 2 is 1.79 bits per heavy atom. The van der Waals surface area contributed by atoms with Gasteiger partial charge < -0.3 is 14.5 Å². The molecule has 0 saturated carbocycles. The van der Waals surface area contributed by atoms with Crippen molar-refractivity contribution < 1.29 is 14.4 Å². The number of hydrogen-bond acceptors (Lipinski definition) is 3. The van der Waals surface area contributed by atoms with Gasteiger partial charge in [-0.15, -0.1) is 0 Å². The van der Waals surface area contributed by atoms with Crippen molar-refractivity contribution in [3.8, 4) is 5.75 Å². The third-order valence-corrected chi connectivity index (χ3v) is 4.45. The number of ether oxygens (including phenoxy) is 1. The summed E-state index contributed by atoms with van der Waals surface area (Å²) in [4.78, 5) is 19.7. The van der Waals surface area contributed by atoms with Crippen molar-refractivity contribution in [3.63, 3.8) is 0 Å². The van der Waals surface area contributed by atoms with Gasteiger partial charge in [0.25, 0.3) is 5.91 Å². The minimum atomic E-state index is 0.0351. The highest BCUT2D eigenvalue weighted by atomic mass is 35.5. The van der Waals surface area contributed by atoms with Crippen LogP contribution < -0.4 is 9.64 Å². The highest BCUT2D eigenvalue weighted by Crippen LogP contribution is 2.15. The largest absolute Gasteiger partial charge is 0.484 e. The molecule has 0 bridgehead atoms. The number of amides is 1. The van der Waals surface area contributed by atoms with E-state index in [9.17, 15) is 4.79 Å². The molecular formula is C18H21ClN3O2+. The predicted octanol–water partition coefficient (Wildman–Crippen LogP) is 1.04. The maximum absolute atomic E-state index is 12.3. The third kappa shape index (κ3) is 4.69. The van der Waals surface area contributed by atoms with Crippen LogP contribution in [0.25, 0.3) is 0 Å². The van der Waals surface area contributed by atoms with E-state index in [0.29, 0.717) is 10.8 Å². The number of piperazine rings is 1. The number of benzene rings is 1. The second-order valence-electron chi connectivity index (χ2n) is 5.91. The quantitative estimate of drug-likeness (QED) is 0.880. The van der Waals surface area contributed by atoms with Gasteiger partial charge in [0.2, 0.25) is 0 Å². The molecule has 0 spiro atoms. The van der Waals surface area contributed by atoms with E-state index < -0.39 is 0 Å². The second-order valence-corrected chi connectivity index (χ2v) is 6.34. The summed E-state index contributed by atoms with van der Waals surface area (Å²) in [6.45, 7) is 4.49. The average molecular weight is 347 g/mol. The molecule has 2 aromatic rings. The van der Waals surface area contributed by atoms with Crippen LogP contribution in [-0.2, 0) is 11.3 Å². The second kappa shape index (κ2) is 8.13.